The molecular formula is C14H16N2O2S. The molecule has 0 saturated heterocycles. The quantitative estimate of drug-likeness (QED) is 0.864. The molecule has 0 fully saturated rings. The topological polar surface area (TPSA) is 55.1 Å². The molecule has 1 amide bonds. The van der Waals surface area contributed by atoms with Crippen LogP contribution in [0.1, 0.15) is 30.0 Å². The van der Waals surface area contributed by atoms with Crippen LogP contribution in [0.4, 0.5) is 5.82 Å². The lowest BCUT2D eigenvalue weighted by Gasteiger charge is -2.10. The summed E-state index contributed by atoms with van der Waals surface area (Å²) in [5.41, 5.74) is 0.654. The van der Waals surface area contributed by atoms with Crippen molar-refractivity contribution in [2.24, 2.45) is 0 Å². The zero-order valence-corrected chi connectivity index (χ0v) is 12.0. The van der Waals surface area contributed by atoms with Crippen LogP contribution >= 0.6 is 11.8 Å². The fourth-order valence-electron chi connectivity index (χ4n) is 1.62. The summed E-state index contributed by atoms with van der Waals surface area (Å²) in [7, 11) is 0. The normalized spacial score (nSPS) is 10.7. The van der Waals surface area contributed by atoms with E-state index in [0.29, 0.717) is 22.4 Å². The van der Waals surface area contributed by atoms with Gasteiger partial charge >= 0.3 is 0 Å². The monoisotopic (exact) mass is 276 g/mol. The third kappa shape index (κ3) is 3.61. The van der Waals surface area contributed by atoms with Gasteiger partial charge in [0.15, 0.2) is 5.82 Å². The molecule has 0 unspecified atom stereocenters. The SMILES string of the molecule is Cc1cc(NC(=O)c2ccccc2SC(C)C)no1. The second-order valence-electron chi connectivity index (χ2n) is 4.44. The number of carbonyl (C=O) groups excluding carboxylic acids is 1. The number of hydrogen-bond donors (Lipinski definition) is 1. The van der Waals surface area contributed by atoms with E-state index in [4.69, 9.17) is 4.52 Å². The molecule has 1 aromatic heterocycles. The second-order valence-corrected chi connectivity index (χ2v) is 6.06. The molecule has 2 rings (SSSR count). The summed E-state index contributed by atoms with van der Waals surface area (Å²) >= 11 is 1.66. The number of nitrogens with one attached hydrogen (secondary N) is 1. The maximum atomic E-state index is 12.2. The number of rotatable bonds is 4. The van der Waals surface area contributed by atoms with Gasteiger partial charge in [0.2, 0.25) is 0 Å². The van der Waals surface area contributed by atoms with Crippen LogP contribution in [-0.4, -0.2) is 16.3 Å². The number of aryl methyl sites for hydroxylation is 1. The van der Waals surface area contributed by atoms with Gasteiger partial charge < -0.3 is 9.84 Å². The van der Waals surface area contributed by atoms with E-state index >= 15 is 0 Å². The summed E-state index contributed by atoms with van der Waals surface area (Å²) in [4.78, 5) is 13.2. The van der Waals surface area contributed by atoms with Gasteiger partial charge in [0.1, 0.15) is 5.76 Å². The Morgan fingerprint density at radius 3 is 2.74 bits per heavy atom. The highest BCUT2D eigenvalue weighted by atomic mass is 32.2. The number of aromatic nitrogens is 1. The Kier molecular flexibility index (Phi) is 4.27. The Morgan fingerprint density at radius 2 is 2.11 bits per heavy atom. The third-order valence-electron chi connectivity index (χ3n) is 2.36. The highest BCUT2D eigenvalue weighted by Crippen LogP contribution is 2.27. The summed E-state index contributed by atoms with van der Waals surface area (Å²) in [6, 6.07) is 9.24. The lowest BCUT2D eigenvalue weighted by atomic mass is 10.2. The van der Waals surface area contributed by atoms with Crippen molar-refractivity contribution in [2.75, 3.05) is 5.32 Å². The molecule has 0 spiro atoms. The van der Waals surface area contributed by atoms with E-state index in [-0.39, 0.29) is 5.91 Å². The molecular weight excluding hydrogens is 260 g/mol. The molecule has 4 nitrogen and oxygen atoms in total. The average Bonchev–Trinajstić information content (AvgIpc) is 2.74. The molecule has 0 aliphatic carbocycles. The number of thioether (sulfide) groups is 1. The molecule has 0 radical (unpaired) electrons. The van der Waals surface area contributed by atoms with Gasteiger partial charge in [-0.05, 0) is 19.1 Å². The Morgan fingerprint density at radius 1 is 1.37 bits per heavy atom. The predicted octanol–water partition coefficient (Wildman–Crippen LogP) is 3.74. The molecule has 0 bridgehead atoms. The summed E-state index contributed by atoms with van der Waals surface area (Å²) in [6.07, 6.45) is 0. The van der Waals surface area contributed by atoms with E-state index in [0.717, 1.165) is 4.90 Å². The van der Waals surface area contributed by atoms with Gasteiger partial charge in [-0.15, -0.1) is 11.8 Å². The van der Waals surface area contributed by atoms with E-state index in [1.165, 1.54) is 0 Å². The van der Waals surface area contributed by atoms with Crippen molar-refractivity contribution in [3.63, 3.8) is 0 Å². The molecule has 1 heterocycles. The van der Waals surface area contributed by atoms with Crippen molar-refractivity contribution >= 4 is 23.5 Å². The largest absolute Gasteiger partial charge is 0.360 e. The van der Waals surface area contributed by atoms with Crippen molar-refractivity contribution < 1.29 is 9.32 Å². The van der Waals surface area contributed by atoms with Gasteiger partial charge in [-0.25, -0.2) is 0 Å². The fraction of sp³-hybridized carbons (Fsp3) is 0.286. The van der Waals surface area contributed by atoms with Gasteiger partial charge in [-0.2, -0.15) is 0 Å². The molecule has 0 saturated carbocycles. The van der Waals surface area contributed by atoms with Crippen LogP contribution < -0.4 is 5.32 Å². The number of benzene rings is 1. The third-order valence-corrected chi connectivity index (χ3v) is 3.45. The Labute approximate surface area is 116 Å². The van der Waals surface area contributed by atoms with E-state index < -0.39 is 0 Å². The van der Waals surface area contributed by atoms with Crippen molar-refractivity contribution in [1.29, 1.82) is 0 Å². The van der Waals surface area contributed by atoms with Gasteiger partial charge in [0.25, 0.3) is 5.91 Å². The molecule has 0 atom stereocenters. The van der Waals surface area contributed by atoms with Crippen LogP contribution in [0.5, 0.6) is 0 Å². The maximum absolute atomic E-state index is 12.2. The summed E-state index contributed by atoms with van der Waals surface area (Å²) in [5.74, 6) is 0.934. The van der Waals surface area contributed by atoms with Crippen LogP contribution in [0.25, 0.3) is 0 Å². The summed E-state index contributed by atoms with van der Waals surface area (Å²) in [5, 5.41) is 6.91. The first-order valence-electron chi connectivity index (χ1n) is 6.06. The molecule has 1 N–H and O–H groups in total. The lowest BCUT2D eigenvalue weighted by molar-refractivity contribution is 0.102. The smallest absolute Gasteiger partial charge is 0.258 e. The van der Waals surface area contributed by atoms with Crippen LogP contribution in [0.3, 0.4) is 0 Å². The zero-order chi connectivity index (χ0) is 13.8. The highest BCUT2D eigenvalue weighted by Gasteiger charge is 2.14. The van der Waals surface area contributed by atoms with Gasteiger partial charge in [0, 0.05) is 16.2 Å². The van der Waals surface area contributed by atoms with E-state index in [9.17, 15) is 4.79 Å². The minimum absolute atomic E-state index is 0.169. The second kappa shape index (κ2) is 5.93. The number of anilines is 1. The molecule has 1 aromatic carbocycles. The number of nitrogens with zero attached hydrogens (tertiary/aromatic N) is 1. The molecule has 2 aromatic rings. The Hall–Kier alpha value is -1.75. The lowest BCUT2D eigenvalue weighted by Crippen LogP contribution is -2.13. The van der Waals surface area contributed by atoms with Crippen LogP contribution in [0.2, 0.25) is 0 Å². The highest BCUT2D eigenvalue weighted by molar-refractivity contribution is 8.00. The van der Waals surface area contributed by atoms with E-state index in [1.807, 2.05) is 24.3 Å². The first-order valence-corrected chi connectivity index (χ1v) is 6.94. The molecule has 0 aliphatic heterocycles. The first kappa shape index (κ1) is 13.7. The molecule has 100 valence electrons. The minimum atomic E-state index is -0.169. The predicted molar refractivity (Wildman–Crippen MR) is 76.6 cm³/mol. The molecule has 0 aliphatic rings. The van der Waals surface area contributed by atoms with Crippen LogP contribution in [0, 0.1) is 6.92 Å². The van der Waals surface area contributed by atoms with Gasteiger partial charge in [-0.1, -0.05) is 31.1 Å². The summed E-state index contributed by atoms with van der Waals surface area (Å²) in [6.45, 7) is 5.98. The van der Waals surface area contributed by atoms with E-state index in [1.54, 1.807) is 24.8 Å². The van der Waals surface area contributed by atoms with Crippen molar-refractivity contribution in [3.05, 3.63) is 41.7 Å². The van der Waals surface area contributed by atoms with Gasteiger partial charge in [-0.3, -0.25) is 4.79 Å². The van der Waals surface area contributed by atoms with Gasteiger partial charge in [0.05, 0.1) is 5.56 Å². The van der Waals surface area contributed by atoms with Crippen molar-refractivity contribution in [1.82, 2.24) is 5.16 Å². The summed E-state index contributed by atoms with van der Waals surface area (Å²) < 4.78 is 4.93. The van der Waals surface area contributed by atoms with Crippen molar-refractivity contribution in [2.45, 2.75) is 30.9 Å². The van der Waals surface area contributed by atoms with Crippen LogP contribution in [-0.2, 0) is 0 Å². The van der Waals surface area contributed by atoms with Crippen LogP contribution in [0.15, 0.2) is 39.8 Å². The first-order chi connectivity index (χ1) is 9.06. The fourth-order valence-corrected chi connectivity index (χ4v) is 2.57. The van der Waals surface area contributed by atoms with E-state index in [2.05, 4.69) is 24.3 Å². The average molecular weight is 276 g/mol. The Balaban J connectivity index is 2.18. The molecule has 19 heavy (non-hydrogen) atoms. The Bertz CT molecular complexity index is 578. The van der Waals surface area contributed by atoms with Crippen molar-refractivity contribution in [3.8, 4) is 0 Å². The number of carbonyl (C=O) groups is 1. The minimum Gasteiger partial charge on any atom is -0.360 e. The number of hydrogen-bond acceptors (Lipinski definition) is 4. The molecule has 5 heteroatoms. The maximum Gasteiger partial charge on any atom is 0.258 e. The standard InChI is InChI=1S/C14H16N2O2S/c1-9(2)19-12-7-5-4-6-11(12)14(17)15-13-8-10(3)18-16-13/h4-9H,1-3H3,(H,15,16,17). The number of amides is 1. The zero-order valence-electron chi connectivity index (χ0n) is 11.1.